The molecule has 1 rings (SSSR count). The molecule has 1 N–H and O–H groups in total. The average Bonchev–Trinajstić information content (AvgIpc) is 2.34. The number of aliphatic carboxylic acids is 1. The molecule has 96 valence electrons. The summed E-state index contributed by atoms with van der Waals surface area (Å²) in [5, 5.41) is 9.21. The Hall–Kier alpha value is -1.16. The van der Waals surface area contributed by atoms with E-state index >= 15 is 0 Å². The Labute approximate surface area is 119 Å². The van der Waals surface area contributed by atoms with Crippen LogP contribution in [-0.2, 0) is 4.79 Å². The fraction of sp³-hybridized carbons (Fsp3) is 0.0833. The van der Waals surface area contributed by atoms with Crippen molar-refractivity contribution >= 4 is 46.8 Å². The summed E-state index contributed by atoms with van der Waals surface area (Å²) in [4.78, 5) is 10.4. The number of hydrogen-bond donors (Lipinski definition) is 1. The summed E-state index contributed by atoms with van der Waals surface area (Å²) in [7, 11) is 0. The van der Waals surface area contributed by atoms with Gasteiger partial charge in [-0.2, -0.15) is 0 Å². The first kappa shape index (κ1) is 14.9. The van der Waals surface area contributed by atoms with Crippen molar-refractivity contribution in [3.8, 4) is 5.75 Å². The third-order valence-electron chi connectivity index (χ3n) is 1.86. The maximum absolute atomic E-state index is 10.4. The van der Waals surface area contributed by atoms with E-state index in [1.807, 2.05) is 0 Å². The molecule has 1 aromatic rings. The third kappa shape index (κ3) is 5.00. The molecular weight excluding hydrogens is 298 g/mol. The van der Waals surface area contributed by atoms with Crippen molar-refractivity contribution in [3.05, 3.63) is 45.4 Å². The van der Waals surface area contributed by atoms with Gasteiger partial charge >= 0.3 is 5.97 Å². The molecular formula is C12H9Cl3O3. The number of ether oxygens (including phenoxy) is 1. The van der Waals surface area contributed by atoms with Crippen LogP contribution in [0.4, 0.5) is 0 Å². The Morgan fingerprint density at radius 3 is 2.72 bits per heavy atom. The zero-order valence-corrected chi connectivity index (χ0v) is 11.3. The molecule has 3 nitrogen and oxygen atoms in total. The molecule has 1 aromatic carbocycles. The molecule has 0 spiro atoms. The van der Waals surface area contributed by atoms with Crippen LogP contribution < -0.4 is 4.74 Å². The summed E-state index contributed by atoms with van der Waals surface area (Å²) in [5.74, 6) is -0.578. The summed E-state index contributed by atoms with van der Waals surface area (Å²) in [6.07, 6.45) is 2.46. The second kappa shape index (κ2) is 7.31. The summed E-state index contributed by atoms with van der Waals surface area (Å²) < 4.78 is 5.31. The van der Waals surface area contributed by atoms with Crippen LogP contribution in [0, 0.1) is 0 Å². The predicted octanol–water partition coefficient (Wildman–Crippen LogP) is 4.14. The highest BCUT2D eigenvalue weighted by molar-refractivity contribution is 6.36. The summed E-state index contributed by atoms with van der Waals surface area (Å²) >= 11 is 17.0. The lowest BCUT2D eigenvalue weighted by Gasteiger charge is -2.07. The first-order valence-corrected chi connectivity index (χ1v) is 6.00. The summed E-state index contributed by atoms with van der Waals surface area (Å²) in [6, 6.07) is 4.90. The van der Waals surface area contributed by atoms with E-state index in [9.17, 15) is 4.79 Å². The lowest BCUT2D eigenvalue weighted by Crippen LogP contribution is -1.97. The lowest BCUT2D eigenvalue weighted by molar-refractivity contribution is -0.131. The van der Waals surface area contributed by atoms with Crippen LogP contribution in [0.3, 0.4) is 0 Å². The Bertz CT molecular complexity index is 495. The Kier molecular flexibility index (Phi) is 6.05. The second-order valence-electron chi connectivity index (χ2n) is 3.21. The van der Waals surface area contributed by atoms with Gasteiger partial charge in [0, 0.05) is 11.6 Å². The Morgan fingerprint density at radius 2 is 2.17 bits per heavy atom. The normalized spacial score (nSPS) is 11.8. The largest absolute Gasteiger partial charge is 0.486 e. The van der Waals surface area contributed by atoms with E-state index < -0.39 is 5.97 Å². The van der Waals surface area contributed by atoms with Gasteiger partial charge < -0.3 is 9.84 Å². The molecule has 0 aliphatic rings. The van der Waals surface area contributed by atoms with Gasteiger partial charge in [0.25, 0.3) is 0 Å². The minimum Gasteiger partial charge on any atom is -0.486 e. The van der Waals surface area contributed by atoms with Gasteiger partial charge in [0.05, 0.1) is 10.1 Å². The van der Waals surface area contributed by atoms with Gasteiger partial charge in [-0.3, -0.25) is 0 Å². The van der Waals surface area contributed by atoms with E-state index in [2.05, 4.69) is 0 Å². The van der Waals surface area contributed by atoms with Gasteiger partial charge in [0.1, 0.15) is 12.4 Å². The summed E-state index contributed by atoms with van der Waals surface area (Å²) in [6.45, 7) is 0.120. The van der Waals surface area contributed by atoms with Crippen molar-refractivity contribution in [2.24, 2.45) is 0 Å². The van der Waals surface area contributed by atoms with E-state index in [1.54, 1.807) is 18.2 Å². The maximum atomic E-state index is 10.4. The number of halogens is 3. The molecule has 0 amide bonds. The van der Waals surface area contributed by atoms with E-state index in [1.165, 1.54) is 11.6 Å². The van der Waals surface area contributed by atoms with Crippen LogP contribution >= 0.6 is 34.8 Å². The van der Waals surface area contributed by atoms with Crippen molar-refractivity contribution < 1.29 is 14.6 Å². The van der Waals surface area contributed by atoms with Crippen molar-refractivity contribution in [3.63, 3.8) is 0 Å². The molecule has 0 saturated carbocycles. The van der Waals surface area contributed by atoms with Crippen LogP contribution in [0.15, 0.2) is 34.8 Å². The first-order valence-electron chi connectivity index (χ1n) is 4.81. The van der Waals surface area contributed by atoms with Gasteiger partial charge in [-0.1, -0.05) is 40.9 Å². The van der Waals surface area contributed by atoms with E-state index in [0.29, 0.717) is 21.4 Å². The molecule has 0 heterocycles. The quantitative estimate of drug-likeness (QED) is 0.832. The van der Waals surface area contributed by atoms with E-state index in [0.717, 1.165) is 6.08 Å². The lowest BCUT2D eigenvalue weighted by atomic mass is 10.2. The van der Waals surface area contributed by atoms with Gasteiger partial charge in [0.2, 0.25) is 0 Å². The van der Waals surface area contributed by atoms with Crippen molar-refractivity contribution in [1.29, 1.82) is 0 Å². The molecule has 0 aromatic heterocycles. The number of carboxylic acid groups (broad SMARTS) is 1. The highest BCUT2D eigenvalue weighted by Gasteiger charge is 2.03. The monoisotopic (exact) mass is 306 g/mol. The van der Waals surface area contributed by atoms with E-state index in [4.69, 9.17) is 44.6 Å². The third-order valence-corrected chi connectivity index (χ3v) is 2.75. The predicted molar refractivity (Wildman–Crippen MR) is 73.4 cm³/mol. The SMILES string of the molecule is O=C(O)C=Cc1ccc(OCC(Cl)=CCl)c(Cl)c1. The second-order valence-corrected chi connectivity index (χ2v) is 4.32. The van der Waals surface area contributed by atoms with Crippen LogP contribution in [0.5, 0.6) is 5.75 Å². The molecule has 0 aliphatic heterocycles. The minimum atomic E-state index is -1.02. The number of rotatable bonds is 5. The van der Waals surface area contributed by atoms with Crippen LogP contribution in [-0.4, -0.2) is 17.7 Å². The zero-order valence-electron chi connectivity index (χ0n) is 9.07. The molecule has 0 aliphatic carbocycles. The first-order chi connectivity index (χ1) is 8.52. The molecule has 0 atom stereocenters. The van der Waals surface area contributed by atoms with Gasteiger partial charge in [-0.05, 0) is 23.8 Å². The van der Waals surface area contributed by atoms with Crippen molar-refractivity contribution in [2.45, 2.75) is 0 Å². The maximum Gasteiger partial charge on any atom is 0.328 e. The number of carboxylic acids is 1. The summed E-state index contributed by atoms with van der Waals surface area (Å²) in [5.41, 5.74) is 1.87. The Balaban J connectivity index is 2.76. The standard InChI is InChI=1S/C12H9Cl3O3/c13-6-9(14)7-18-11-3-1-8(5-10(11)15)2-4-12(16)17/h1-6H,7H2,(H,16,17). The van der Waals surface area contributed by atoms with Gasteiger partial charge in [-0.15, -0.1) is 0 Å². The average molecular weight is 308 g/mol. The fourth-order valence-corrected chi connectivity index (χ4v) is 1.44. The number of hydrogen-bond acceptors (Lipinski definition) is 2. The topological polar surface area (TPSA) is 46.5 Å². The smallest absolute Gasteiger partial charge is 0.328 e. The zero-order chi connectivity index (χ0) is 13.5. The van der Waals surface area contributed by atoms with Crippen molar-refractivity contribution in [1.82, 2.24) is 0 Å². The molecule has 6 heteroatoms. The molecule has 0 saturated heterocycles. The number of carbonyl (C=O) groups is 1. The van der Waals surface area contributed by atoms with Crippen molar-refractivity contribution in [2.75, 3.05) is 6.61 Å². The number of benzene rings is 1. The van der Waals surface area contributed by atoms with E-state index in [-0.39, 0.29) is 6.61 Å². The van der Waals surface area contributed by atoms with Crippen LogP contribution in [0.2, 0.25) is 5.02 Å². The van der Waals surface area contributed by atoms with Crippen LogP contribution in [0.25, 0.3) is 6.08 Å². The highest BCUT2D eigenvalue weighted by Crippen LogP contribution is 2.26. The minimum absolute atomic E-state index is 0.120. The molecule has 18 heavy (non-hydrogen) atoms. The molecule has 0 radical (unpaired) electrons. The van der Waals surface area contributed by atoms with Gasteiger partial charge in [0.15, 0.2) is 0 Å². The molecule has 0 fully saturated rings. The Morgan fingerprint density at radius 1 is 1.44 bits per heavy atom. The molecule has 0 bridgehead atoms. The highest BCUT2D eigenvalue weighted by atomic mass is 35.5. The fourth-order valence-electron chi connectivity index (χ4n) is 1.08. The van der Waals surface area contributed by atoms with Crippen LogP contribution in [0.1, 0.15) is 5.56 Å². The van der Waals surface area contributed by atoms with Gasteiger partial charge in [-0.25, -0.2) is 4.79 Å². The molecule has 0 unspecified atom stereocenters.